The summed E-state index contributed by atoms with van der Waals surface area (Å²) in [6.45, 7) is 2.11. The van der Waals surface area contributed by atoms with Crippen molar-refractivity contribution >= 4 is 0 Å². The van der Waals surface area contributed by atoms with Gasteiger partial charge in [-0.25, -0.2) is 0 Å². The Morgan fingerprint density at radius 1 is 1.64 bits per heavy atom. The van der Waals surface area contributed by atoms with Gasteiger partial charge in [0.1, 0.15) is 6.04 Å². The largest absolute Gasteiger partial charge is 0.424 e. The highest BCUT2D eigenvalue weighted by atomic mass is 16.5. The molecule has 2 N–H and O–H groups in total. The van der Waals surface area contributed by atoms with Gasteiger partial charge < -0.3 is 14.9 Å². The maximum absolute atomic E-state index is 5.60. The van der Waals surface area contributed by atoms with Crippen LogP contribution in [0, 0.1) is 6.92 Å². The zero-order chi connectivity index (χ0) is 8.27. The number of rotatable bonds is 3. The Balaban J connectivity index is 2.60. The minimum atomic E-state index is -0.318. The second-order valence-corrected chi connectivity index (χ2v) is 2.22. The van der Waals surface area contributed by atoms with E-state index in [9.17, 15) is 0 Å². The van der Waals surface area contributed by atoms with E-state index in [0.717, 1.165) is 0 Å². The highest BCUT2D eigenvalue weighted by molar-refractivity contribution is 4.86. The van der Waals surface area contributed by atoms with Crippen LogP contribution in [0.25, 0.3) is 0 Å². The van der Waals surface area contributed by atoms with Crippen LogP contribution >= 0.6 is 0 Å². The van der Waals surface area contributed by atoms with Gasteiger partial charge in [-0.2, -0.15) is 0 Å². The number of hydrogen-bond acceptors (Lipinski definition) is 5. The van der Waals surface area contributed by atoms with Gasteiger partial charge in [0.05, 0.1) is 6.61 Å². The summed E-state index contributed by atoms with van der Waals surface area (Å²) < 4.78 is 9.89. The van der Waals surface area contributed by atoms with Crippen LogP contribution in [-0.2, 0) is 4.74 Å². The third kappa shape index (κ3) is 1.99. The van der Waals surface area contributed by atoms with Crippen molar-refractivity contribution < 1.29 is 9.15 Å². The zero-order valence-corrected chi connectivity index (χ0v) is 6.57. The summed E-state index contributed by atoms with van der Waals surface area (Å²) in [6, 6.07) is -0.318. The van der Waals surface area contributed by atoms with Crippen molar-refractivity contribution in [1.29, 1.82) is 0 Å². The average molecular weight is 157 g/mol. The van der Waals surface area contributed by atoms with E-state index >= 15 is 0 Å². The van der Waals surface area contributed by atoms with Gasteiger partial charge in [0.2, 0.25) is 11.8 Å². The Morgan fingerprint density at radius 2 is 2.36 bits per heavy atom. The Hall–Kier alpha value is -0.940. The summed E-state index contributed by atoms with van der Waals surface area (Å²) >= 11 is 0. The number of hydrogen-bond donors (Lipinski definition) is 1. The van der Waals surface area contributed by atoms with Gasteiger partial charge in [-0.1, -0.05) is 0 Å². The van der Waals surface area contributed by atoms with Gasteiger partial charge in [-0.05, 0) is 0 Å². The summed E-state index contributed by atoms with van der Waals surface area (Å²) in [7, 11) is 1.57. The zero-order valence-electron chi connectivity index (χ0n) is 6.57. The Labute approximate surface area is 64.5 Å². The second-order valence-electron chi connectivity index (χ2n) is 2.22. The topological polar surface area (TPSA) is 74.2 Å². The maximum Gasteiger partial charge on any atom is 0.235 e. The first-order valence-electron chi connectivity index (χ1n) is 3.28. The van der Waals surface area contributed by atoms with Crippen molar-refractivity contribution in [2.45, 2.75) is 13.0 Å². The molecule has 5 nitrogen and oxygen atoms in total. The van der Waals surface area contributed by atoms with Crippen LogP contribution < -0.4 is 5.73 Å². The van der Waals surface area contributed by atoms with E-state index in [1.54, 1.807) is 14.0 Å². The van der Waals surface area contributed by atoms with Crippen molar-refractivity contribution in [2.24, 2.45) is 5.73 Å². The van der Waals surface area contributed by atoms with E-state index in [1.165, 1.54) is 0 Å². The van der Waals surface area contributed by atoms with Crippen molar-refractivity contribution in [3.05, 3.63) is 11.8 Å². The number of aryl methyl sites for hydroxylation is 1. The summed E-state index contributed by atoms with van der Waals surface area (Å²) in [5.41, 5.74) is 5.60. The molecule has 62 valence electrons. The van der Waals surface area contributed by atoms with Crippen molar-refractivity contribution in [1.82, 2.24) is 10.2 Å². The molecule has 0 unspecified atom stereocenters. The summed E-state index contributed by atoms with van der Waals surface area (Å²) in [5.74, 6) is 0.941. The molecule has 1 aromatic rings. The first kappa shape index (κ1) is 8.16. The number of nitrogens with two attached hydrogens (primary N) is 1. The van der Waals surface area contributed by atoms with Crippen LogP contribution in [0.4, 0.5) is 0 Å². The van der Waals surface area contributed by atoms with Crippen LogP contribution in [-0.4, -0.2) is 23.9 Å². The van der Waals surface area contributed by atoms with E-state index in [4.69, 9.17) is 14.9 Å². The molecule has 11 heavy (non-hydrogen) atoms. The molecule has 1 heterocycles. The molecule has 0 amide bonds. The minimum Gasteiger partial charge on any atom is -0.424 e. The van der Waals surface area contributed by atoms with Crippen LogP contribution in [0.2, 0.25) is 0 Å². The van der Waals surface area contributed by atoms with Crippen molar-refractivity contribution in [2.75, 3.05) is 13.7 Å². The molecule has 0 saturated heterocycles. The smallest absolute Gasteiger partial charge is 0.235 e. The first-order chi connectivity index (χ1) is 5.24. The lowest BCUT2D eigenvalue weighted by Gasteiger charge is -2.02. The molecule has 0 aliphatic rings. The molecule has 0 aliphatic carbocycles. The molecule has 0 aromatic carbocycles. The SMILES string of the molecule is COC[C@H](N)c1nnc(C)o1. The first-order valence-corrected chi connectivity index (χ1v) is 3.28. The van der Waals surface area contributed by atoms with E-state index in [1.807, 2.05) is 0 Å². The Bertz CT molecular complexity index is 223. The fourth-order valence-electron chi connectivity index (χ4n) is 0.713. The monoisotopic (exact) mass is 157 g/mol. The standard InChI is InChI=1S/C6H11N3O2/c1-4-8-9-6(11-4)5(7)3-10-2/h5H,3,7H2,1-2H3/t5-/m0/s1. The maximum atomic E-state index is 5.60. The van der Waals surface area contributed by atoms with Crippen molar-refractivity contribution in [3.8, 4) is 0 Å². The highest BCUT2D eigenvalue weighted by Gasteiger charge is 2.11. The Morgan fingerprint density at radius 3 is 2.82 bits per heavy atom. The van der Waals surface area contributed by atoms with Crippen LogP contribution in [0.1, 0.15) is 17.8 Å². The average Bonchev–Trinajstić information content (AvgIpc) is 2.36. The number of methoxy groups -OCH3 is 1. The van der Waals surface area contributed by atoms with E-state index < -0.39 is 0 Å². The lowest BCUT2D eigenvalue weighted by Crippen LogP contribution is -2.16. The lowest BCUT2D eigenvalue weighted by atomic mass is 10.3. The molecule has 0 radical (unpaired) electrons. The molecule has 0 saturated carbocycles. The second kappa shape index (κ2) is 3.45. The molecule has 0 spiro atoms. The van der Waals surface area contributed by atoms with Gasteiger partial charge in [-0.3, -0.25) is 0 Å². The summed E-state index contributed by atoms with van der Waals surface area (Å²) in [6.07, 6.45) is 0. The molecular formula is C6H11N3O2. The van der Waals surface area contributed by atoms with Crippen LogP contribution in [0.3, 0.4) is 0 Å². The summed E-state index contributed by atoms with van der Waals surface area (Å²) in [5, 5.41) is 7.38. The van der Waals surface area contributed by atoms with Crippen LogP contribution in [0.5, 0.6) is 0 Å². The molecule has 1 aromatic heterocycles. The molecule has 1 atom stereocenters. The van der Waals surface area contributed by atoms with E-state index in [0.29, 0.717) is 18.4 Å². The minimum absolute atomic E-state index is 0.318. The molecule has 0 bridgehead atoms. The normalized spacial score (nSPS) is 13.4. The van der Waals surface area contributed by atoms with E-state index in [-0.39, 0.29) is 6.04 Å². The predicted octanol–water partition coefficient (Wildman–Crippen LogP) is 0.0242. The third-order valence-corrected chi connectivity index (χ3v) is 1.21. The quantitative estimate of drug-likeness (QED) is 0.669. The van der Waals surface area contributed by atoms with E-state index in [2.05, 4.69) is 10.2 Å². The fraction of sp³-hybridized carbons (Fsp3) is 0.667. The molecular weight excluding hydrogens is 146 g/mol. The molecule has 1 rings (SSSR count). The van der Waals surface area contributed by atoms with Gasteiger partial charge in [0.15, 0.2) is 0 Å². The van der Waals surface area contributed by atoms with Gasteiger partial charge in [-0.15, -0.1) is 10.2 Å². The number of aromatic nitrogens is 2. The molecule has 5 heteroatoms. The predicted molar refractivity (Wildman–Crippen MR) is 37.8 cm³/mol. The number of ether oxygens (including phenoxy) is 1. The molecule has 0 fully saturated rings. The lowest BCUT2D eigenvalue weighted by molar-refractivity contribution is 0.170. The van der Waals surface area contributed by atoms with Crippen LogP contribution in [0.15, 0.2) is 4.42 Å². The fourth-order valence-corrected chi connectivity index (χ4v) is 0.713. The van der Waals surface area contributed by atoms with Crippen molar-refractivity contribution in [3.63, 3.8) is 0 Å². The molecule has 0 aliphatic heterocycles. The van der Waals surface area contributed by atoms with Gasteiger partial charge in [0.25, 0.3) is 0 Å². The summed E-state index contributed by atoms with van der Waals surface area (Å²) in [4.78, 5) is 0. The third-order valence-electron chi connectivity index (χ3n) is 1.21. The number of nitrogens with zero attached hydrogens (tertiary/aromatic N) is 2. The Kier molecular flexibility index (Phi) is 2.56. The highest BCUT2D eigenvalue weighted by Crippen LogP contribution is 2.07. The van der Waals surface area contributed by atoms with Gasteiger partial charge in [0, 0.05) is 14.0 Å². The van der Waals surface area contributed by atoms with Gasteiger partial charge >= 0.3 is 0 Å².